The van der Waals surface area contributed by atoms with Crippen LogP contribution in [0.5, 0.6) is 0 Å². The van der Waals surface area contributed by atoms with E-state index in [9.17, 15) is 13.2 Å². The van der Waals surface area contributed by atoms with Gasteiger partial charge in [0, 0.05) is 0 Å². The zero-order valence-electron chi connectivity index (χ0n) is 7.22. The quantitative estimate of drug-likeness (QED) is 0.666. The molecule has 0 saturated heterocycles. The molecule has 0 saturated carbocycles. The molecule has 2 aromatic rings. The summed E-state index contributed by atoms with van der Waals surface area (Å²) >= 11 is 0.111. The number of halogens is 3. The second-order valence-corrected chi connectivity index (χ2v) is 5.50. The molecule has 0 aliphatic heterocycles. The third-order valence-electron chi connectivity index (χ3n) is 1.82. The van der Waals surface area contributed by atoms with E-state index >= 15 is 0 Å². The molecule has 0 radical (unpaired) electrons. The first-order valence-corrected chi connectivity index (χ1v) is 5.62. The molecule has 0 amide bonds. The van der Waals surface area contributed by atoms with Crippen molar-refractivity contribution in [2.75, 3.05) is 0 Å². The van der Waals surface area contributed by atoms with Gasteiger partial charge in [-0.2, -0.15) is 0 Å². The number of fused-ring (bicyclic) bond motifs is 1. The predicted molar refractivity (Wildman–Crippen MR) is 48.4 cm³/mol. The first kappa shape index (κ1) is 9.74. The molecule has 0 fully saturated rings. The minimum absolute atomic E-state index is 0.111. The molecule has 14 heavy (non-hydrogen) atoms. The third-order valence-corrected chi connectivity index (χ3v) is 3.82. The monoisotopic (exact) mass is 265 g/mol. The van der Waals surface area contributed by atoms with Crippen LogP contribution in [0.2, 0.25) is 0 Å². The summed E-state index contributed by atoms with van der Waals surface area (Å²) in [5, 5.41) is 0. The summed E-state index contributed by atoms with van der Waals surface area (Å²) in [5.74, 6) is 0. The Morgan fingerprint density at radius 2 is 2.00 bits per heavy atom. The Kier molecular flexibility index (Phi) is 2.16. The summed E-state index contributed by atoms with van der Waals surface area (Å²) in [6, 6.07) is 3.76. The summed E-state index contributed by atoms with van der Waals surface area (Å²) in [4.78, 5) is 4.07. The van der Waals surface area contributed by atoms with Crippen molar-refractivity contribution in [3.8, 4) is 0 Å². The van der Waals surface area contributed by atoms with Crippen molar-refractivity contribution in [2.24, 2.45) is 0 Å². The van der Waals surface area contributed by atoms with Crippen LogP contribution in [-0.2, 0) is 6.18 Å². The van der Waals surface area contributed by atoms with Crippen LogP contribution in [0.25, 0.3) is 9.78 Å². The van der Waals surface area contributed by atoms with E-state index in [1.807, 2.05) is 6.92 Å². The average molecular weight is 264 g/mol. The van der Waals surface area contributed by atoms with E-state index in [0.29, 0.717) is 5.52 Å². The summed E-state index contributed by atoms with van der Waals surface area (Å²) in [7, 11) is 0. The number of hydrogen-bond acceptors (Lipinski definition) is 1. The van der Waals surface area contributed by atoms with Crippen molar-refractivity contribution in [1.29, 1.82) is 0 Å². The fourth-order valence-electron chi connectivity index (χ4n) is 1.22. The van der Waals surface area contributed by atoms with Gasteiger partial charge in [0.25, 0.3) is 0 Å². The predicted octanol–water partition coefficient (Wildman–Crippen LogP) is 2.62. The van der Waals surface area contributed by atoms with E-state index in [0.717, 1.165) is 21.0 Å². The van der Waals surface area contributed by atoms with E-state index in [2.05, 4.69) is 4.98 Å². The van der Waals surface area contributed by atoms with Gasteiger partial charge in [0.05, 0.1) is 0 Å². The zero-order chi connectivity index (χ0) is 10.3. The van der Waals surface area contributed by atoms with Gasteiger partial charge in [0.15, 0.2) is 0 Å². The third kappa shape index (κ3) is 1.70. The number of aryl methyl sites for hydroxylation is 1. The van der Waals surface area contributed by atoms with E-state index in [1.54, 1.807) is 0 Å². The topological polar surface area (TPSA) is 12.9 Å². The minimum atomic E-state index is -4.27. The Bertz CT molecular complexity index is 472. The first-order chi connectivity index (χ1) is 6.47. The molecule has 0 atom stereocenters. The molecule has 0 aliphatic rings. The molecule has 5 heteroatoms. The number of benzene rings is 1. The van der Waals surface area contributed by atoms with Crippen molar-refractivity contribution < 1.29 is 13.2 Å². The summed E-state index contributed by atoms with van der Waals surface area (Å²) in [6.45, 7) is 1.84. The van der Waals surface area contributed by atoms with Crippen LogP contribution in [0.15, 0.2) is 18.2 Å². The maximum atomic E-state index is 12.3. The van der Waals surface area contributed by atoms with Crippen molar-refractivity contribution in [1.82, 2.24) is 4.98 Å². The Morgan fingerprint density at radius 1 is 1.29 bits per heavy atom. The molecule has 0 N–H and O–H groups in total. The van der Waals surface area contributed by atoms with Gasteiger partial charge in [-0.25, -0.2) is 0 Å². The molecule has 0 aliphatic carbocycles. The number of aromatic nitrogens is 1. The zero-order valence-corrected chi connectivity index (χ0v) is 8.93. The molecule has 1 aromatic heterocycles. The Labute approximate surface area is 84.3 Å². The van der Waals surface area contributed by atoms with Crippen LogP contribution in [0.4, 0.5) is 13.2 Å². The fourth-order valence-corrected chi connectivity index (χ4v) is 2.91. The number of nitrogens with zero attached hydrogens (tertiary/aromatic N) is 1. The SMILES string of the molecule is Cc1nc2cc(C(F)(F)F)ccc2[se]1. The van der Waals surface area contributed by atoms with Crippen LogP contribution in [0.1, 0.15) is 10.1 Å². The van der Waals surface area contributed by atoms with Gasteiger partial charge in [-0.3, -0.25) is 0 Å². The standard InChI is InChI=1S/C9H6F3NSe/c1-5-13-7-4-6(9(10,11)12)2-3-8(7)14-5/h2-4H,1H3. The van der Waals surface area contributed by atoms with Gasteiger partial charge >= 0.3 is 83.9 Å². The fraction of sp³-hybridized carbons (Fsp3) is 0.222. The van der Waals surface area contributed by atoms with Gasteiger partial charge < -0.3 is 0 Å². The molecule has 0 unspecified atom stereocenters. The number of rotatable bonds is 0. The number of alkyl halides is 3. The molecule has 0 bridgehead atoms. The second kappa shape index (κ2) is 3.10. The normalized spacial score (nSPS) is 12.3. The molecule has 1 nitrogen and oxygen atoms in total. The van der Waals surface area contributed by atoms with E-state index in [-0.39, 0.29) is 14.5 Å². The van der Waals surface area contributed by atoms with Crippen LogP contribution >= 0.6 is 0 Å². The summed E-state index contributed by atoms with van der Waals surface area (Å²) in [6.07, 6.45) is -4.27. The Morgan fingerprint density at radius 3 is 2.64 bits per heavy atom. The van der Waals surface area contributed by atoms with Crippen LogP contribution < -0.4 is 0 Å². The van der Waals surface area contributed by atoms with Gasteiger partial charge in [0.1, 0.15) is 0 Å². The van der Waals surface area contributed by atoms with Crippen molar-refractivity contribution in [3.05, 3.63) is 28.3 Å². The molecular formula is C9H6F3NSe. The first-order valence-electron chi connectivity index (χ1n) is 3.91. The molecule has 0 spiro atoms. The van der Waals surface area contributed by atoms with E-state index < -0.39 is 11.7 Å². The Balaban J connectivity index is 2.62. The van der Waals surface area contributed by atoms with Crippen LogP contribution in [-0.4, -0.2) is 19.5 Å². The van der Waals surface area contributed by atoms with Gasteiger partial charge in [-0.1, -0.05) is 0 Å². The second-order valence-electron chi connectivity index (χ2n) is 2.91. The van der Waals surface area contributed by atoms with Gasteiger partial charge in [-0.05, 0) is 0 Å². The molecular weight excluding hydrogens is 258 g/mol. The van der Waals surface area contributed by atoms with Crippen LogP contribution in [0.3, 0.4) is 0 Å². The van der Waals surface area contributed by atoms with Gasteiger partial charge in [-0.15, -0.1) is 0 Å². The van der Waals surface area contributed by atoms with E-state index in [1.165, 1.54) is 6.07 Å². The van der Waals surface area contributed by atoms with Crippen molar-refractivity contribution in [2.45, 2.75) is 13.1 Å². The molecule has 1 aromatic carbocycles. The molecule has 2 rings (SSSR count). The average Bonchev–Trinajstić information content (AvgIpc) is 2.41. The van der Waals surface area contributed by atoms with Crippen LogP contribution in [0, 0.1) is 6.92 Å². The van der Waals surface area contributed by atoms with Crippen molar-refractivity contribution >= 4 is 24.3 Å². The number of hydrogen-bond donors (Lipinski definition) is 0. The van der Waals surface area contributed by atoms with Crippen molar-refractivity contribution in [3.63, 3.8) is 0 Å². The molecule has 1 heterocycles. The summed E-state index contributed by atoms with van der Waals surface area (Å²) in [5.41, 5.74) is -0.136. The molecule has 74 valence electrons. The Hall–Kier alpha value is -0.801. The summed E-state index contributed by atoms with van der Waals surface area (Å²) < 4.78 is 38.8. The van der Waals surface area contributed by atoms with E-state index in [4.69, 9.17) is 0 Å². The maximum absolute atomic E-state index is 12.3. The van der Waals surface area contributed by atoms with Gasteiger partial charge in [0.2, 0.25) is 0 Å².